The number of nitrogens with one attached hydrogen (secondary N) is 1. The lowest BCUT2D eigenvalue weighted by Crippen LogP contribution is -2.35. The topological polar surface area (TPSA) is 84.9 Å². The van der Waals surface area contributed by atoms with Crippen molar-refractivity contribution in [1.29, 1.82) is 0 Å². The maximum atomic E-state index is 6.24. The Morgan fingerprint density at radius 3 is 2.86 bits per heavy atom. The fraction of sp³-hybridized carbons (Fsp3) is 0.190. The van der Waals surface area contributed by atoms with Crippen LogP contribution in [0.4, 0.5) is 11.5 Å². The molecule has 0 bridgehead atoms. The van der Waals surface area contributed by atoms with E-state index in [0.717, 1.165) is 34.3 Å². The molecule has 0 radical (unpaired) electrons. The van der Waals surface area contributed by atoms with E-state index >= 15 is 0 Å². The molecule has 4 aromatic rings. The number of hydrogen-bond donors (Lipinski definition) is 2. The van der Waals surface area contributed by atoms with Crippen LogP contribution >= 0.6 is 0 Å². The summed E-state index contributed by atoms with van der Waals surface area (Å²) in [4.78, 5) is 9.17. The minimum atomic E-state index is 0.614. The van der Waals surface area contributed by atoms with Crippen LogP contribution in [-0.2, 0) is 13.1 Å². The quantitative estimate of drug-likeness (QED) is 0.505. The summed E-state index contributed by atoms with van der Waals surface area (Å²) in [5.74, 6) is 0.690. The molecule has 0 amide bonds. The molecule has 7 nitrogen and oxygen atoms in total. The fourth-order valence-electron chi connectivity index (χ4n) is 3.17. The van der Waals surface area contributed by atoms with Gasteiger partial charge in [-0.2, -0.15) is 5.10 Å². The number of rotatable bonds is 6. The molecule has 7 heteroatoms. The summed E-state index contributed by atoms with van der Waals surface area (Å²) in [5, 5.41) is 7.39. The summed E-state index contributed by atoms with van der Waals surface area (Å²) in [6.45, 7) is 3.50. The number of pyridine rings is 2. The van der Waals surface area contributed by atoms with Crippen LogP contribution in [0.2, 0.25) is 0 Å². The molecule has 3 aromatic heterocycles. The number of nitrogens with two attached hydrogens (primary N) is 1. The highest BCUT2D eigenvalue weighted by Gasteiger charge is 2.14. The van der Waals surface area contributed by atoms with Gasteiger partial charge in [0.2, 0.25) is 0 Å². The van der Waals surface area contributed by atoms with E-state index in [0.29, 0.717) is 18.1 Å². The first-order chi connectivity index (χ1) is 13.7. The maximum Gasteiger partial charge on any atom is 0.167 e. The van der Waals surface area contributed by atoms with Crippen molar-refractivity contribution in [3.05, 3.63) is 66.6 Å². The third kappa shape index (κ3) is 3.52. The first-order valence-corrected chi connectivity index (χ1v) is 9.26. The number of hydrazine groups is 1. The number of benzene rings is 1. The van der Waals surface area contributed by atoms with Gasteiger partial charge in [-0.15, -0.1) is 0 Å². The maximum absolute atomic E-state index is 6.24. The molecule has 1 aromatic carbocycles. The molecule has 0 fully saturated rings. The molecule has 0 saturated carbocycles. The second kappa shape index (κ2) is 7.66. The Balaban J connectivity index is 1.65. The molecule has 0 aliphatic heterocycles. The van der Waals surface area contributed by atoms with Gasteiger partial charge in [0.05, 0.1) is 29.6 Å². The Morgan fingerprint density at radius 2 is 2.07 bits per heavy atom. The zero-order chi connectivity index (χ0) is 19.5. The largest absolute Gasteiger partial charge is 0.396 e. The van der Waals surface area contributed by atoms with Crippen LogP contribution in [-0.4, -0.2) is 26.8 Å². The van der Waals surface area contributed by atoms with Gasteiger partial charge in [0.1, 0.15) is 0 Å². The molecule has 0 aliphatic carbocycles. The molecule has 3 heterocycles. The van der Waals surface area contributed by atoms with E-state index in [9.17, 15) is 0 Å². The normalized spacial score (nSPS) is 11.1. The van der Waals surface area contributed by atoms with Crippen molar-refractivity contribution in [3.63, 3.8) is 0 Å². The summed E-state index contributed by atoms with van der Waals surface area (Å²) >= 11 is 0. The highest BCUT2D eigenvalue weighted by atomic mass is 15.5. The van der Waals surface area contributed by atoms with Crippen molar-refractivity contribution >= 4 is 22.4 Å². The van der Waals surface area contributed by atoms with E-state index < -0.39 is 0 Å². The van der Waals surface area contributed by atoms with Gasteiger partial charge in [-0.1, -0.05) is 12.1 Å². The minimum Gasteiger partial charge on any atom is -0.396 e. The Labute approximate surface area is 163 Å². The first kappa shape index (κ1) is 17.9. The second-order valence-electron chi connectivity index (χ2n) is 6.53. The molecule has 0 atom stereocenters. The predicted octanol–water partition coefficient (Wildman–Crippen LogP) is 3.24. The average molecular weight is 373 g/mol. The van der Waals surface area contributed by atoms with E-state index in [-0.39, 0.29) is 0 Å². The number of hydrogen-bond acceptors (Lipinski definition) is 6. The standard InChI is InChI=1S/C21H23N7/c1-3-27-14-17(12-25-27)20-9-7-18(22)21(26-20)28(23-2)13-15-6-8-19-16(11-15)5-4-10-24-19/h4-12,14,23H,3,13,22H2,1-2H3. The van der Waals surface area contributed by atoms with Gasteiger partial charge in [-0.25, -0.2) is 10.4 Å². The van der Waals surface area contributed by atoms with Gasteiger partial charge < -0.3 is 5.73 Å². The zero-order valence-electron chi connectivity index (χ0n) is 16.0. The Morgan fingerprint density at radius 1 is 1.18 bits per heavy atom. The average Bonchev–Trinajstić information content (AvgIpc) is 3.22. The second-order valence-corrected chi connectivity index (χ2v) is 6.53. The Hall–Kier alpha value is -3.45. The van der Waals surface area contributed by atoms with Gasteiger partial charge in [0.25, 0.3) is 0 Å². The summed E-state index contributed by atoms with van der Waals surface area (Å²) in [7, 11) is 1.87. The van der Waals surface area contributed by atoms with Crippen LogP contribution in [0.15, 0.2) is 61.1 Å². The smallest absolute Gasteiger partial charge is 0.167 e. The van der Waals surface area contributed by atoms with E-state index in [1.54, 1.807) is 6.20 Å². The van der Waals surface area contributed by atoms with Crippen molar-refractivity contribution in [2.24, 2.45) is 0 Å². The number of fused-ring (bicyclic) bond motifs is 1. The van der Waals surface area contributed by atoms with Crippen molar-refractivity contribution in [1.82, 2.24) is 25.2 Å². The summed E-state index contributed by atoms with van der Waals surface area (Å²) in [6.07, 6.45) is 5.62. The van der Waals surface area contributed by atoms with Crippen LogP contribution in [0.5, 0.6) is 0 Å². The third-order valence-corrected chi connectivity index (χ3v) is 4.69. The Kier molecular flexibility index (Phi) is 4.90. The van der Waals surface area contributed by atoms with Gasteiger partial charge >= 0.3 is 0 Å². The number of aromatic nitrogens is 4. The molecule has 0 spiro atoms. The van der Waals surface area contributed by atoms with Crippen molar-refractivity contribution in [2.75, 3.05) is 17.8 Å². The van der Waals surface area contributed by atoms with Crippen molar-refractivity contribution in [3.8, 4) is 11.3 Å². The zero-order valence-corrected chi connectivity index (χ0v) is 16.0. The lowest BCUT2D eigenvalue weighted by atomic mass is 10.1. The van der Waals surface area contributed by atoms with Gasteiger partial charge in [-0.3, -0.25) is 14.7 Å². The van der Waals surface area contributed by atoms with Crippen LogP contribution in [0.1, 0.15) is 12.5 Å². The molecular weight excluding hydrogens is 350 g/mol. The van der Waals surface area contributed by atoms with Crippen LogP contribution in [0.25, 0.3) is 22.2 Å². The molecular formula is C21H23N7. The summed E-state index contributed by atoms with van der Waals surface area (Å²) in [6, 6.07) is 14.1. The molecule has 142 valence electrons. The van der Waals surface area contributed by atoms with E-state index in [1.165, 1.54) is 0 Å². The minimum absolute atomic E-state index is 0.614. The van der Waals surface area contributed by atoms with Crippen LogP contribution in [0, 0.1) is 0 Å². The van der Waals surface area contributed by atoms with Crippen molar-refractivity contribution in [2.45, 2.75) is 20.0 Å². The number of anilines is 2. The van der Waals surface area contributed by atoms with E-state index in [2.05, 4.69) is 40.6 Å². The molecule has 0 aliphatic rings. The monoisotopic (exact) mass is 373 g/mol. The SMILES string of the molecule is CCn1cc(-c2ccc(N)c(N(Cc3ccc4ncccc4c3)NC)n2)cn1. The fourth-order valence-corrected chi connectivity index (χ4v) is 3.17. The third-order valence-electron chi connectivity index (χ3n) is 4.69. The number of nitrogens with zero attached hydrogens (tertiary/aromatic N) is 5. The van der Waals surface area contributed by atoms with Crippen LogP contribution in [0.3, 0.4) is 0 Å². The number of aryl methyl sites for hydroxylation is 1. The molecule has 3 N–H and O–H groups in total. The predicted molar refractivity (Wildman–Crippen MR) is 113 cm³/mol. The van der Waals surface area contributed by atoms with Gasteiger partial charge in [-0.05, 0) is 42.8 Å². The molecule has 0 unspecified atom stereocenters. The lowest BCUT2D eigenvalue weighted by Gasteiger charge is -2.24. The van der Waals surface area contributed by atoms with Crippen molar-refractivity contribution < 1.29 is 0 Å². The molecule has 4 rings (SSSR count). The first-order valence-electron chi connectivity index (χ1n) is 9.26. The highest BCUT2D eigenvalue weighted by Crippen LogP contribution is 2.26. The van der Waals surface area contributed by atoms with E-state index in [4.69, 9.17) is 10.7 Å². The molecule has 0 saturated heterocycles. The van der Waals surface area contributed by atoms with Gasteiger partial charge in [0, 0.05) is 36.9 Å². The summed E-state index contributed by atoms with van der Waals surface area (Å²) < 4.78 is 1.88. The molecule has 28 heavy (non-hydrogen) atoms. The lowest BCUT2D eigenvalue weighted by molar-refractivity contribution is 0.660. The van der Waals surface area contributed by atoms with Crippen LogP contribution < -0.4 is 16.2 Å². The number of nitrogen functional groups attached to an aromatic ring is 1. The highest BCUT2D eigenvalue weighted by molar-refractivity contribution is 5.79. The summed E-state index contributed by atoms with van der Waals surface area (Å²) in [5.41, 5.74) is 14.0. The van der Waals surface area contributed by atoms with E-state index in [1.807, 2.05) is 53.4 Å². The Bertz CT molecular complexity index is 1100. The van der Waals surface area contributed by atoms with Gasteiger partial charge in [0.15, 0.2) is 5.82 Å².